The molecule has 0 aliphatic heterocycles. The van der Waals surface area contributed by atoms with E-state index in [2.05, 4.69) is 59.8 Å². The molecule has 2 aliphatic rings. The maximum absolute atomic E-state index is 10.2. The molecule has 0 spiro atoms. The Morgan fingerprint density at radius 3 is 2.43 bits per heavy atom. The van der Waals surface area contributed by atoms with Crippen LogP contribution in [0.3, 0.4) is 0 Å². The Labute approximate surface area is 173 Å². The molecule has 2 aliphatic carbocycles. The largest absolute Gasteiger partial charge is 0.393 e. The van der Waals surface area contributed by atoms with Crippen LogP contribution in [0.5, 0.6) is 0 Å². The van der Waals surface area contributed by atoms with E-state index in [0.29, 0.717) is 17.8 Å². The second-order valence-corrected chi connectivity index (χ2v) is 10.8. The molecule has 28 heavy (non-hydrogen) atoms. The van der Waals surface area contributed by atoms with Crippen molar-refractivity contribution >= 4 is 0 Å². The van der Waals surface area contributed by atoms with Crippen molar-refractivity contribution in [2.45, 2.75) is 105 Å². The van der Waals surface area contributed by atoms with E-state index in [1.54, 1.807) is 0 Å². The minimum absolute atomic E-state index is 0.0941. The summed E-state index contributed by atoms with van der Waals surface area (Å²) in [7, 11) is 0. The van der Waals surface area contributed by atoms with Crippen molar-refractivity contribution in [2.75, 3.05) is 0 Å². The van der Waals surface area contributed by atoms with E-state index < -0.39 is 0 Å². The van der Waals surface area contributed by atoms with Crippen molar-refractivity contribution in [1.82, 2.24) is 0 Å². The van der Waals surface area contributed by atoms with Crippen molar-refractivity contribution in [3.8, 4) is 0 Å². The van der Waals surface area contributed by atoms with Gasteiger partial charge in [-0.2, -0.15) is 0 Å². The van der Waals surface area contributed by atoms with Gasteiger partial charge >= 0.3 is 0 Å². The average Bonchev–Trinajstić information content (AvgIpc) is 2.82. The van der Waals surface area contributed by atoms with Gasteiger partial charge < -0.3 is 15.9 Å². The van der Waals surface area contributed by atoms with Crippen LogP contribution >= 0.6 is 0 Å². The normalized spacial score (nSPS) is 37.1. The molecule has 3 heteroatoms. The minimum Gasteiger partial charge on any atom is -0.393 e. The van der Waals surface area contributed by atoms with Gasteiger partial charge in [0.15, 0.2) is 0 Å². The highest BCUT2D eigenvalue weighted by molar-refractivity contribution is 5.19. The average molecular weight is 392 g/mol. The van der Waals surface area contributed by atoms with Gasteiger partial charge in [0, 0.05) is 6.04 Å². The quantitative estimate of drug-likeness (QED) is 0.557. The van der Waals surface area contributed by atoms with Crippen LogP contribution in [0, 0.1) is 28.6 Å². The zero-order valence-electron chi connectivity index (χ0n) is 19.1. The molecular weight excluding hydrogens is 346 g/mol. The molecule has 2 saturated carbocycles. The van der Waals surface area contributed by atoms with Gasteiger partial charge in [0.2, 0.25) is 0 Å². The molecule has 0 radical (unpaired) electrons. The number of aliphatic hydroxyl groups excluding tert-OH is 2. The first-order valence-corrected chi connectivity index (χ1v) is 11.4. The third-order valence-electron chi connectivity index (χ3n) is 8.40. The minimum atomic E-state index is -0.281. The summed E-state index contributed by atoms with van der Waals surface area (Å²) in [4.78, 5) is 0. The van der Waals surface area contributed by atoms with Gasteiger partial charge in [-0.3, -0.25) is 0 Å². The van der Waals surface area contributed by atoms with E-state index in [9.17, 15) is 10.2 Å². The van der Waals surface area contributed by atoms with Gasteiger partial charge in [-0.05, 0) is 73.5 Å². The first kappa shape index (κ1) is 23.6. The fraction of sp³-hybridized carbons (Fsp3) is 0.840. The SMILES string of the molecule is CC(C)[C@H](O)CC[C@H](C)[C@@]1(C)CC[C@@H](/C=C/C=C2\C[C@@H](N)C[C@H](O)C2)C1(C)C. The molecule has 0 unspecified atom stereocenters. The standard InChI is InChI=1S/C25H45NO2/c1-17(2)23(28)11-10-18(3)25(6)13-12-20(24(25,4)5)9-7-8-19-14-21(26)16-22(27)15-19/h7-9,17-18,20-23,27-28H,10-16,26H2,1-6H3/b9-7+,19-8+/t18-,20+,21+,22+,23+,25+/m0/s1. The molecule has 0 saturated heterocycles. The summed E-state index contributed by atoms with van der Waals surface area (Å²) in [6, 6.07) is 0.0941. The highest BCUT2D eigenvalue weighted by Gasteiger charge is 2.52. The topological polar surface area (TPSA) is 66.5 Å². The van der Waals surface area contributed by atoms with Gasteiger partial charge in [0.1, 0.15) is 0 Å². The molecule has 0 heterocycles. The Morgan fingerprint density at radius 1 is 1.14 bits per heavy atom. The van der Waals surface area contributed by atoms with Crippen LogP contribution in [0.2, 0.25) is 0 Å². The fourth-order valence-electron chi connectivity index (χ4n) is 5.55. The Hall–Kier alpha value is -0.640. The molecule has 162 valence electrons. The van der Waals surface area contributed by atoms with Crippen molar-refractivity contribution in [3.05, 3.63) is 23.8 Å². The van der Waals surface area contributed by atoms with Crippen molar-refractivity contribution < 1.29 is 10.2 Å². The van der Waals surface area contributed by atoms with E-state index in [4.69, 9.17) is 5.73 Å². The zero-order chi connectivity index (χ0) is 21.1. The van der Waals surface area contributed by atoms with Crippen LogP contribution < -0.4 is 5.73 Å². The summed E-state index contributed by atoms with van der Waals surface area (Å²) in [5, 5.41) is 20.2. The van der Waals surface area contributed by atoms with E-state index in [0.717, 1.165) is 32.1 Å². The second-order valence-electron chi connectivity index (χ2n) is 10.8. The maximum atomic E-state index is 10.2. The Bertz CT molecular complexity index is 553. The van der Waals surface area contributed by atoms with Crippen LogP contribution in [0.25, 0.3) is 0 Å². The second kappa shape index (κ2) is 9.45. The summed E-state index contributed by atoms with van der Waals surface area (Å²) in [5.74, 6) is 1.50. The lowest BCUT2D eigenvalue weighted by atomic mass is 9.59. The number of aliphatic hydroxyl groups is 2. The van der Waals surface area contributed by atoms with Gasteiger partial charge in [0.25, 0.3) is 0 Å². The molecule has 0 aromatic carbocycles. The summed E-state index contributed by atoms with van der Waals surface area (Å²) < 4.78 is 0. The monoisotopic (exact) mass is 391 g/mol. The highest BCUT2D eigenvalue weighted by Crippen LogP contribution is 2.60. The molecule has 0 amide bonds. The third kappa shape index (κ3) is 5.29. The third-order valence-corrected chi connectivity index (χ3v) is 8.40. The summed E-state index contributed by atoms with van der Waals surface area (Å²) in [6.07, 6.45) is 13.2. The summed E-state index contributed by atoms with van der Waals surface area (Å²) >= 11 is 0. The van der Waals surface area contributed by atoms with Gasteiger partial charge in [-0.1, -0.05) is 65.3 Å². The van der Waals surface area contributed by atoms with Crippen LogP contribution in [-0.4, -0.2) is 28.5 Å². The summed E-state index contributed by atoms with van der Waals surface area (Å²) in [5.41, 5.74) is 7.84. The lowest BCUT2D eigenvalue weighted by Crippen LogP contribution is -2.39. The first-order valence-electron chi connectivity index (χ1n) is 11.4. The maximum Gasteiger partial charge on any atom is 0.0592 e. The predicted molar refractivity (Wildman–Crippen MR) is 119 cm³/mol. The summed E-state index contributed by atoms with van der Waals surface area (Å²) in [6.45, 7) is 13.9. The number of hydrogen-bond acceptors (Lipinski definition) is 3. The molecule has 6 atom stereocenters. The molecular formula is C25H45NO2. The van der Waals surface area contributed by atoms with Crippen molar-refractivity contribution in [1.29, 1.82) is 0 Å². The van der Waals surface area contributed by atoms with Crippen molar-refractivity contribution in [3.63, 3.8) is 0 Å². The molecule has 3 nitrogen and oxygen atoms in total. The zero-order valence-corrected chi connectivity index (χ0v) is 19.1. The molecule has 0 aromatic heterocycles. The Morgan fingerprint density at radius 2 is 1.82 bits per heavy atom. The van der Waals surface area contributed by atoms with Crippen LogP contribution in [0.15, 0.2) is 23.8 Å². The fourth-order valence-corrected chi connectivity index (χ4v) is 5.55. The lowest BCUT2D eigenvalue weighted by molar-refractivity contribution is 0.0277. The molecule has 2 rings (SSSR count). The van der Waals surface area contributed by atoms with Crippen molar-refractivity contribution in [2.24, 2.45) is 34.3 Å². The van der Waals surface area contributed by atoms with Gasteiger partial charge in [-0.15, -0.1) is 0 Å². The molecule has 0 bridgehead atoms. The van der Waals surface area contributed by atoms with Crippen LogP contribution in [0.1, 0.15) is 86.5 Å². The Kier molecular flexibility index (Phi) is 7.98. The number of rotatable bonds is 7. The van der Waals surface area contributed by atoms with Crippen LogP contribution in [-0.2, 0) is 0 Å². The van der Waals surface area contributed by atoms with E-state index in [1.807, 2.05) is 0 Å². The molecule has 2 fully saturated rings. The van der Waals surface area contributed by atoms with Gasteiger partial charge in [0.05, 0.1) is 12.2 Å². The van der Waals surface area contributed by atoms with E-state index in [1.165, 1.54) is 18.4 Å². The molecule has 0 aromatic rings. The predicted octanol–water partition coefficient (Wildman–Crippen LogP) is 5.22. The number of hydrogen-bond donors (Lipinski definition) is 3. The number of nitrogens with two attached hydrogens (primary N) is 1. The molecule has 4 N–H and O–H groups in total. The number of allylic oxidation sites excluding steroid dienone is 3. The highest BCUT2D eigenvalue weighted by atomic mass is 16.3. The van der Waals surface area contributed by atoms with E-state index in [-0.39, 0.29) is 29.1 Å². The van der Waals surface area contributed by atoms with Gasteiger partial charge in [-0.25, -0.2) is 0 Å². The van der Waals surface area contributed by atoms with Crippen LogP contribution in [0.4, 0.5) is 0 Å². The Balaban J connectivity index is 2.01. The lowest BCUT2D eigenvalue weighted by Gasteiger charge is -2.46. The smallest absolute Gasteiger partial charge is 0.0592 e. The van der Waals surface area contributed by atoms with E-state index >= 15 is 0 Å². The first-order chi connectivity index (χ1) is 13.0.